The Morgan fingerprint density at radius 2 is 2.00 bits per heavy atom. The molecule has 1 N–H and O–H groups in total. The Hall–Kier alpha value is -2.62. The molecule has 1 aliphatic heterocycles. The molecule has 2 heterocycles. The lowest BCUT2D eigenvalue weighted by molar-refractivity contribution is -0.130. The van der Waals surface area contributed by atoms with Gasteiger partial charge in [-0.2, -0.15) is 0 Å². The molecule has 0 saturated heterocycles. The molecule has 0 amide bonds. The number of hydrogen-bond donors (Lipinski definition) is 1. The average Bonchev–Trinajstić information content (AvgIpc) is 3.18. The van der Waals surface area contributed by atoms with Gasteiger partial charge >= 0.3 is 5.97 Å². The number of esters is 1. The van der Waals surface area contributed by atoms with Crippen molar-refractivity contribution >= 4 is 11.9 Å². The maximum Gasteiger partial charge on any atom is 0.363 e. The van der Waals surface area contributed by atoms with Crippen LogP contribution in [0.3, 0.4) is 0 Å². The van der Waals surface area contributed by atoms with Crippen LogP contribution in [0.5, 0.6) is 0 Å². The van der Waals surface area contributed by atoms with Gasteiger partial charge in [0.15, 0.2) is 0 Å². The van der Waals surface area contributed by atoms with Crippen LogP contribution in [0, 0.1) is 0 Å². The number of cyclic esters (lactones) is 1. The summed E-state index contributed by atoms with van der Waals surface area (Å²) in [7, 11) is 0. The minimum Gasteiger partial charge on any atom is -0.402 e. The van der Waals surface area contributed by atoms with E-state index in [1.807, 2.05) is 48.7 Å². The van der Waals surface area contributed by atoms with Crippen LogP contribution in [-0.4, -0.2) is 16.9 Å². The number of aromatic nitrogens is 1. The van der Waals surface area contributed by atoms with E-state index < -0.39 is 0 Å². The lowest BCUT2D eigenvalue weighted by atomic mass is 10.0. The highest BCUT2D eigenvalue weighted by atomic mass is 16.6. The fourth-order valence-electron chi connectivity index (χ4n) is 2.47. The van der Waals surface area contributed by atoms with Crippen LogP contribution in [-0.2, 0) is 16.0 Å². The Bertz CT molecular complexity index is 738. The first-order chi connectivity index (χ1) is 11.1. The first-order valence-electron chi connectivity index (χ1n) is 7.87. The van der Waals surface area contributed by atoms with Crippen molar-refractivity contribution in [1.29, 1.82) is 0 Å². The van der Waals surface area contributed by atoms with Gasteiger partial charge < -0.3 is 9.72 Å². The highest BCUT2D eigenvalue weighted by Gasteiger charge is 2.23. The number of benzene rings is 1. The van der Waals surface area contributed by atoms with Crippen molar-refractivity contribution in [3.05, 3.63) is 71.2 Å². The van der Waals surface area contributed by atoms with E-state index in [0.717, 1.165) is 24.1 Å². The van der Waals surface area contributed by atoms with Gasteiger partial charge in [-0.3, -0.25) is 0 Å². The van der Waals surface area contributed by atoms with Gasteiger partial charge in [-0.25, -0.2) is 9.79 Å². The fourth-order valence-corrected chi connectivity index (χ4v) is 2.47. The van der Waals surface area contributed by atoms with Crippen LogP contribution < -0.4 is 0 Å². The molecule has 0 aliphatic carbocycles. The summed E-state index contributed by atoms with van der Waals surface area (Å²) in [6.07, 6.45) is 5.31. The van der Waals surface area contributed by atoms with E-state index in [9.17, 15) is 4.79 Å². The van der Waals surface area contributed by atoms with Gasteiger partial charge in [0, 0.05) is 17.5 Å². The Balaban J connectivity index is 1.70. The normalized spacial score (nSPS) is 16.0. The third-order valence-electron chi connectivity index (χ3n) is 3.86. The number of rotatable bonds is 5. The molecule has 1 aromatic carbocycles. The zero-order chi connectivity index (χ0) is 16.2. The van der Waals surface area contributed by atoms with Crippen LogP contribution in [0.2, 0.25) is 0 Å². The molecule has 3 rings (SSSR count). The van der Waals surface area contributed by atoms with Gasteiger partial charge in [-0.05, 0) is 48.6 Å². The minimum atomic E-state index is -0.376. The summed E-state index contributed by atoms with van der Waals surface area (Å²) >= 11 is 0. The van der Waals surface area contributed by atoms with Gasteiger partial charge in [-0.15, -0.1) is 0 Å². The van der Waals surface area contributed by atoms with Crippen LogP contribution in [0.25, 0.3) is 0 Å². The van der Waals surface area contributed by atoms with Crippen molar-refractivity contribution in [2.24, 2.45) is 4.99 Å². The number of aromatic amines is 1. The molecule has 0 radical (unpaired) electrons. The number of aliphatic imine (C=N–C) groups is 1. The monoisotopic (exact) mass is 308 g/mol. The Morgan fingerprint density at radius 1 is 1.22 bits per heavy atom. The van der Waals surface area contributed by atoms with Gasteiger partial charge in [0.05, 0.1) is 0 Å². The van der Waals surface area contributed by atoms with Crippen LogP contribution in [0.4, 0.5) is 0 Å². The lowest BCUT2D eigenvalue weighted by Gasteiger charge is -2.05. The quantitative estimate of drug-likeness (QED) is 0.671. The van der Waals surface area contributed by atoms with Gasteiger partial charge in [0.2, 0.25) is 5.90 Å². The van der Waals surface area contributed by atoms with E-state index in [2.05, 4.69) is 23.8 Å². The highest BCUT2D eigenvalue weighted by Crippen LogP contribution is 2.20. The van der Waals surface area contributed by atoms with Gasteiger partial charge in [0.1, 0.15) is 5.70 Å². The number of nitrogens with zero attached hydrogens (tertiary/aromatic N) is 1. The molecule has 0 saturated carbocycles. The Labute approximate surface area is 135 Å². The van der Waals surface area contributed by atoms with Crippen molar-refractivity contribution in [2.75, 3.05) is 0 Å². The summed E-state index contributed by atoms with van der Waals surface area (Å²) in [6.45, 7) is 4.29. The van der Waals surface area contributed by atoms with E-state index in [1.54, 1.807) is 0 Å². The summed E-state index contributed by atoms with van der Waals surface area (Å²) in [4.78, 5) is 19.4. The van der Waals surface area contributed by atoms with Crippen molar-refractivity contribution in [1.82, 2.24) is 4.98 Å². The molecule has 0 spiro atoms. The van der Waals surface area contributed by atoms with E-state index in [4.69, 9.17) is 4.74 Å². The number of allylic oxidation sites excluding steroid dienone is 1. The van der Waals surface area contributed by atoms with Crippen molar-refractivity contribution < 1.29 is 9.53 Å². The number of aryl methyl sites for hydroxylation is 1. The average molecular weight is 308 g/mol. The Kier molecular flexibility index (Phi) is 4.42. The first kappa shape index (κ1) is 15.3. The SMILES string of the molecule is CC(C)c1ccc(C2=N/C(=C/CCc3ccc[nH]3)C(=O)O2)cc1. The second-order valence-corrected chi connectivity index (χ2v) is 5.91. The van der Waals surface area contributed by atoms with E-state index >= 15 is 0 Å². The molecular weight excluding hydrogens is 288 g/mol. The molecule has 0 fully saturated rings. The van der Waals surface area contributed by atoms with Crippen molar-refractivity contribution in [3.63, 3.8) is 0 Å². The third kappa shape index (κ3) is 3.59. The molecule has 4 nitrogen and oxygen atoms in total. The van der Waals surface area contributed by atoms with E-state index in [1.165, 1.54) is 5.56 Å². The summed E-state index contributed by atoms with van der Waals surface area (Å²) in [5, 5.41) is 0. The molecule has 2 aromatic rings. The molecule has 23 heavy (non-hydrogen) atoms. The number of nitrogens with one attached hydrogen (secondary N) is 1. The lowest BCUT2D eigenvalue weighted by Crippen LogP contribution is -2.05. The second-order valence-electron chi connectivity index (χ2n) is 5.91. The van der Waals surface area contributed by atoms with Gasteiger partial charge in [0.25, 0.3) is 0 Å². The maximum absolute atomic E-state index is 11.9. The molecule has 118 valence electrons. The largest absolute Gasteiger partial charge is 0.402 e. The number of carbonyl (C=O) groups is 1. The Morgan fingerprint density at radius 3 is 2.65 bits per heavy atom. The van der Waals surface area contributed by atoms with E-state index in [0.29, 0.717) is 17.5 Å². The summed E-state index contributed by atoms with van der Waals surface area (Å²) in [5.41, 5.74) is 3.61. The molecule has 4 heteroatoms. The van der Waals surface area contributed by atoms with Crippen molar-refractivity contribution in [2.45, 2.75) is 32.6 Å². The second kappa shape index (κ2) is 6.65. The number of carbonyl (C=O) groups excluding carboxylic acids is 1. The van der Waals surface area contributed by atoms with Crippen LogP contribution in [0.1, 0.15) is 43.0 Å². The summed E-state index contributed by atoms with van der Waals surface area (Å²) in [5.74, 6) is 0.483. The summed E-state index contributed by atoms with van der Waals surface area (Å²) in [6, 6.07) is 12.0. The predicted octanol–water partition coefficient (Wildman–Crippen LogP) is 3.96. The maximum atomic E-state index is 11.9. The number of hydrogen-bond acceptors (Lipinski definition) is 3. The highest BCUT2D eigenvalue weighted by molar-refractivity contribution is 6.11. The summed E-state index contributed by atoms with van der Waals surface area (Å²) < 4.78 is 5.28. The molecular formula is C19H20N2O2. The van der Waals surface area contributed by atoms with Crippen molar-refractivity contribution in [3.8, 4) is 0 Å². The smallest absolute Gasteiger partial charge is 0.363 e. The third-order valence-corrected chi connectivity index (χ3v) is 3.86. The molecule has 0 atom stereocenters. The minimum absolute atomic E-state index is 0.376. The zero-order valence-electron chi connectivity index (χ0n) is 13.4. The van der Waals surface area contributed by atoms with Crippen LogP contribution >= 0.6 is 0 Å². The molecule has 0 bridgehead atoms. The zero-order valence-corrected chi connectivity index (χ0v) is 13.4. The first-order valence-corrected chi connectivity index (χ1v) is 7.87. The number of ether oxygens (including phenoxy) is 1. The number of H-pyrrole nitrogens is 1. The topological polar surface area (TPSA) is 54.5 Å². The molecule has 1 aromatic heterocycles. The standard InChI is InChI=1S/C19H20N2O2/c1-13(2)14-8-10-15(11-9-14)18-21-17(19(22)23-18)7-3-5-16-6-4-12-20-16/h4,6-13,20H,3,5H2,1-2H3/b17-7+. The fraction of sp³-hybridized carbons (Fsp3) is 0.263. The van der Waals surface area contributed by atoms with Gasteiger partial charge in [-0.1, -0.05) is 32.1 Å². The molecule has 0 unspecified atom stereocenters. The predicted molar refractivity (Wildman–Crippen MR) is 90.4 cm³/mol. The van der Waals surface area contributed by atoms with E-state index in [-0.39, 0.29) is 5.97 Å². The molecule has 1 aliphatic rings. The van der Waals surface area contributed by atoms with Crippen LogP contribution in [0.15, 0.2) is 59.4 Å².